The van der Waals surface area contributed by atoms with Crippen molar-refractivity contribution in [3.05, 3.63) is 75.4 Å². The lowest BCUT2D eigenvalue weighted by atomic mass is 10.0. The highest BCUT2D eigenvalue weighted by Crippen LogP contribution is 2.25. The van der Waals surface area contributed by atoms with Crippen LogP contribution >= 0.6 is 11.3 Å². The van der Waals surface area contributed by atoms with E-state index in [1.54, 1.807) is 11.3 Å². The molecule has 2 aromatic carbocycles. The van der Waals surface area contributed by atoms with Crippen LogP contribution in [0.25, 0.3) is 11.3 Å². The molecule has 0 aliphatic carbocycles. The third-order valence-electron chi connectivity index (χ3n) is 4.91. The molecule has 0 radical (unpaired) electrons. The monoisotopic (exact) mass is 392 g/mol. The number of aryl methyl sites for hydroxylation is 2. The Balaban J connectivity index is 2.01. The summed E-state index contributed by atoms with van der Waals surface area (Å²) >= 11 is 1.55. The van der Waals surface area contributed by atoms with Crippen molar-refractivity contribution in [2.24, 2.45) is 4.99 Å². The van der Waals surface area contributed by atoms with Crippen LogP contribution in [-0.4, -0.2) is 10.5 Å². The lowest BCUT2D eigenvalue weighted by Crippen LogP contribution is -2.18. The summed E-state index contributed by atoms with van der Waals surface area (Å²) in [6.45, 7) is 7.36. The number of hydrogen-bond donors (Lipinski definition) is 0. The first kappa shape index (κ1) is 20.3. The van der Waals surface area contributed by atoms with Gasteiger partial charge in [-0.1, -0.05) is 68.1 Å². The summed E-state index contributed by atoms with van der Waals surface area (Å²) in [5.74, 6) is -0.183. The van der Waals surface area contributed by atoms with Gasteiger partial charge in [0.25, 0.3) is 5.91 Å². The molecular formula is C24H28N2OS. The first-order valence-corrected chi connectivity index (χ1v) is 10.9. The molecule has 0 N–H and O–H groups in total. The fourth-order valence-corrected chi connectivity index (χ4v) is 4.30. The summed E-state index contributed by atoms with van der Waals surface area (Å²) in [5, 5.41) is 2.13. The predicted octanol–water partition coefficient (Wildman–Crippen LogP) is 6.15. The molecule has 0 aliphatic rings. The van der Waals surface area contributed by atoms with Gasteiger partial charge in [0.2, 0.25) is 0 Å². The molecule has 0 spiro atoms. The van der Waals surface area contributed by atoms with Crippen molar-refractivity contribution in [2.45, 2.75) is 53.0 Å². The second-order valence-electron chi connectivity index (χ2n) is 7.22. The molecule has 0 fully saturated rings. The molecule has 1 aromatic heterocycles. The lowest BCUT2D eigenvalue weighted by molar-refractivity contribution is 0.0997. The summed E-state index contributed by atoms with van der Waals surface area (Å²) < 4.78 is 2.22. The van der Waals surface area contributed by atoms with Gasteiger partial charge in [0.15, 0.2) is 4.80 Å². The number of hydrogen-bond acceptors (Lipinski definition) is 2. The van der Waals surface area contributed by atoms with E-state index in [2.05, 4.69) is 53.9 Å². The predicted molar refractivity (Wildman–Crippen MR) is 118 cm³/mol. The summed E-state index contributed by atoms with van der Waals surface area (Å²) in [4.78, 5) is 17.9. The molecule has 0 saturated heterocycles. The normalized spacial score (nSPS) is 11.8. The van der Waals surface area contributed by atoms with Crippen LogP contribution in [0.15, 0.2) is 58.9 Å². The van der Waals surface area contributed by atoms with Crippen LogP contribution in [0, 0.1) is 13.8 Å². The van der Waals surface area contributed by atoms with Gasteiger partial charge >= 0.3 is 0 Å². The second-order valence-corrected chi connectivity index (χ2v) is 8.05. The number of carbonyl (C=O) groups excluding carboxylic acids is 1. The zero-order valence-electron chi connectivity index (χ0n) is 16.9. The summed E-state index contributed by atoms with van der Waals surface area (Å²) in [6.07, 6.45) is 4.73. The second kappa shape index (κ2) is 9.65. The Morgan fingerprint density at radius 1 is 1.04 bits per heavy atom. The van der Waals surface area contributed by atoms with E-state index in [1.807, 2.05) is 30.3 Å². The van der Waals surface area contributed by atoms with E-state index in [0.717, 1.165) is 23.5 Å². The highest BCUT2D eigenvalue weighted by Gasteiger charge is 2.12. The van der Waals surface area contributed by atoms with Gasteiger partial charge in [-0.15, -0.1) is 11.3 Å². The molecule has 0 unspecified atom stereocenters. The van der Waals surface area contributed by atoms with E-state index in [-0.39, 0.29) is 5.91 Å². The Morgan fingerprint density at radius 3 is 2.54 bits per heavy atom. The SMILES string of the molecule is CCCCCCn1c(-c2ccc(C)cc2C)cs/c1=N\C(=O)c1ccccc1. The van der Waals surface area contributed by atoms with Crippen molar-refractivity contribution in [1.82, 2.24) is 4.57 Å². The highest BCUT2D eigenvalue weighted by atomic mass is 32.1. The Labute approximate surface area is 171 Å². The van der Waals surface area contributed by atoms with E-state index < -0.39 is 0 Å². The fourth-order valence-electron chi connectivity index (χ4n) is 3.38. The number of benzene rings is 2. The molecule has 28 heavy (non-hydrogen) atoms. The zero-order valence-corrected chi connectivity index (χ0v) is 17.8. The molecule has 0 aliphatic heterocycles. The van der Waals surface area contributed by atoms with E-state index in [9.17, 15) is 4.79 Å². The smallest absolute Gasteiger partial charge is 0.279 e. The summed E-state index contributed by atoms with van der Waals surface area (Å²) in [6, 6.07) is 15.8. The molecule has 4 heteroatoms. The van der Waals surface area contributed by atoms with E-state index in [1.165, 1.54) is 36.0 Å². The van der Waals surface area contributed by atoms with Gasteiger partial charge < -0.3 is 4.57 Å². The van der Waals surface area contributed by atoms with Crippen molar-refractivity contribution in [1.29, 1.82) is 0 Å². The van der Waals surface area contributed by atoms with Crippen molar-refractivity contribution in [3.8, 4) is 11.3 Å². The number of thiazole rings is 1. The number of amides is 1. The number of unbranched alkanes of at least 4 members (excludes halogenated alkanes) is 3. The molecule has 1 heterocycles. The van der Waals surface area contributed by atoms with E-state index in [4.69, 9.17) is 0 Å². The van der Waals surface area contributed by atoms with Gasteiger partial charge in [-0.2, -0.15) is 4.99 Å². The van der Waals surface area contributed by atoms with Crippen LogP contribution in [-0.2, 0) is 6.54 Å². The largest absolute Gasteiger partial charge is 0.316 e. The fraction of sp³-hybridized carbons (Fsp3) is 0.333. The molecule has 0 saturated carbocycles. The number of aromatic nitrogens is 1. The standard InChI is InChI=1S/C24H28N2OS/c1-4-5-6-10-15-26-22(21-14-13-18(2)16-19(21)3)17-28-24(26)25-23(27)20-11-8-7-9-12-20/h7-9,11-14,16-17H,4-6,10,15H2,1-3H3/b25-24-. The number of carbonyl (C=O) groups is 1. The van der Waals surface area contributed by atoms with E-state index >= 15 is 0 Å². The molecule has 3 nitrogen and oxygen atoms in total. The van der Waals surface area contributed by atoms with Gasteiger partial charge in [0.05, 0.1) is 5.69 Å². The summed E-state index contributed by atoms with van der Waals surface area (Å²) in [5.41, 5.74) is 5.50. The molecule has 0 bridgehead atoms. The van der Waals surface area contributed by atoms with Gasteiger partial charge in [0, 0.05) is 23.1 Å². The Bertz CT molecular complexity index is 999. The first-order chi connectivity index (χ1) is 13.6. The molecule has 3 aromatic rings. The quantitative estimate of drug-likeness (QED) is 0.444. The third kappa shape index (κ3) is 4.87. The maximum Gasteiger partial charge on any atom is 0.279 e. The van der Waals surface area contributed by atoms with Crippen molar-refractivity contribution < 1.29 is 4.79 Å². The van der Waals surface area contributed by atoms with Crippen LogP contribution in [0.1, 0.15) is 54.1 Å². The van der Waals surface area contributed by atoms with Gasteiger partial charge in [-0.3, -0.25) is 4.79 Å². The van der Waals surface area contributed by atoms with Gasteiger partial charge in [-0.25, -0.2) is 0 Å². The minimum Gasteiger partial charge on any atom is -0.316 e. The topological polar surface area (TPSA) is 34.4 Å². The lowest BCUT2D eigenvalue weighted by Gasteiger charge is -2.12. The minimum atomic E-state index is -0.183. The van der Waals surface area contributed by atoms with Crippen LogP contribution in [0.5, 0.6) is 0 Å². The number of nitrogens with zero attached hydrogens (tertiary/aromatic N) is 2. The molecule has 146 valence electrons. The van der Waals surface area contributed by atoms with Crippen molar-refractivity contribution in [2.75, 3.05) is 0 Å². The number of rotatable bonds is 7. The minimum absolute atomic E-state index is 0.183. The molecule has 3 rings (SSSR count). The Kier molecular flexibility index (Phi) is 6.99. The van der Waals surface area contributed by atoms with Crippen molar-refractivity contribution >= 4 is 17.2 Å². The maximum atomic E-state index is 12.6. The molecular weight excluding hydrogens is 364 g/mol. The van der Waals surface area contributed by atoms with Gasteiger partial charge in [0.1, 0.15) is 0 Å². The summed E-state index contributed by atoms with van der Waals surface area (Å²) in [7, 11) is 0. The first-order valence-electron chi connectivity index (χ1n) is 10.00. The Hall–Kier alpha value is -2.46. The molecule has 1 amide bonds. The van der Waals surface area contributed by atoms with Gasteiger partial charge in [-0.05, 0) is 38.0 Å². The van der Waals surface area contributed by atoms with Crippen LogP contribution in [0.3, 0.4) is 0 Å². The van der Waals surface area contributed by atoms with Crippen LogP contribution in [0.4, 0.5) is 0 Å². The van der Waals surface area contributed by atoms with Crippen molar-refractivity contribution in [3.63, 3.8) is 0 Å². The average molecular weight is 393 g/mol. The zero-order chi connectivity index (χ0) is 19.9. The third-order valence-corrected chi connectivity index (χ3v) is 5.77. The maximum absolute atomic E-state index is 12.6. The molecule has 0 atom stereocenters. The van der Waals surface area contributed by atoms with E-state index in [0.29, 0.717) is 5.56 Å². The average Bonchev–Trinajstić information content (AvgIpc) is 3.08. The van der Waals surface area contributed by atoms with Crippen LogP contribution in [0.2, 0.25) is 0 Å². The van der Waals surface area contributed by atoms with Crippen LogP contribution < -0.4 is 4.80 Å². The highest BCUT2D eigenvalue weighted by molar-refractivity contribution is 7.07. The Morgan fingerprint density at radius 2 is 1.82 bits per heavy atom.